The molecule has 2 aromatic heterocycles. The molecule has 0 amide bonds. The zero-order chi connectivity index (χ0) is 17.6. The number of rotatable bonds is 3. The van der Waals surface area contributed by atoms with Crippen LogP contribution >= 0.6 is 0 Å². The van der Waals surface area contributed by atoms with Crippen molar-refractivity contribution in [3.63, 3.8) is 0 Å². The number of benzene rings is 1. The Hall–Kier alpha value is -2.54. The van der Waals surface area contributed by atoms with Crippen molar-refractivity contribution in [2.75, 3.05) is 6.54 Å². The second-order valence-electron chi connectivity index (χ2n) is 6.50. The predicted molar refractivity (Wildman–Crippen MR) is 89.7 cm³/mol. The molecule has 0 atom stereocenters. The summed E-state index contributed by atoms with van der Waals surface area (Å²) >= 11 is 0. The molecule has 5 nitrogen and oxygen atoms in total. The summed E-state index contributed by atoms with van der Waals surface area (Å²) in [5.74, 6) is -1.70. The van der Waals surface area contributed by atoms with Crippen molar-refractivity contribution in [2.45, 2.75) is 26.4 Å². The van der Waals surface area contributed by atoms with E-state index in [1.165, 1.54) is 11.6 Å². The zero-order valence-corrected chi connectivity index (χ0v) is 14.2. The maximum atomic E-state index is 13.6. The van der Waals surface area contributed by atoms with Gasteiger partial charge < -0.3 is 0 Å². The average molecular weight is 343 g/mol. The molecule has 0 saturated heterocycles. The Bertz CT molecular complexity index is 928. The van der Waals surface area contributed by atoms with E-state index in [0.717, 1.165) is 42.5 Å². The van der Waals surface area contributed by atoms with E-state index in [1.54, 1.807) is 6.07 Å². The highest BCUT2D eigenvalue weighted by Gasteiger charge is 2.24. The van der Waals surface area contributed by atoms with Crippen LogP contribution in [0.2, 0.25) is 0 Å². The van der Waals surface area contributed by atoms with E-state index < -0.39 is 11.6 Å². The number of hydrogen-bond donors (Lipinski definition) is 1. The number of nitrogens with one attached hydrogen (secondary N) is 1. The third kappa shape index (κ3) is 2.84. The van der Waals surface area contributed by atoms with Crippen LogP contribution in [0.15, 0.2) is 24.4 Å². The van der Waals surface area contributed by atoms with Crippen molar-refractivity contribution in [1.29, 1.82) is 0 Å². The highest BCUT2D eigenvalue weighted by atomic mass is 19.2. The highest BCUT2D eigenvalue weighted by molar-refractivity contribution is 5.64. The smallest absolute Gasteiger partial charge is 0.159 e. The molecule has 0 unspecified atom stereocenters. The van der Waals surface area contributed by atoms with Gasteiger partial charge in [0, 0.05) is 61.2 Å². The Morgan fingerprint density at radius 3 is 2.80 bits per heavy atom. The molecule has 0 spiro atoms. The number of aryl methyl sites for hydroxylation is 1. The van der Waals surface area contributed by atoms with E-state index in [2.05, 4.69) is 27.1 Å². The highest BCUT2D eigenvalue weighted by Crippen LogP contribution is 2.30. The summed E-state index contributed by atoms with van der Waals surface area (Å²) in [7, 11) is 1.93. The molecule has 3 aromatic rings. The van der Waals surface area contributed by atoms with E-state index in [4.69, 9.17) is 0 Å². The molecule has 25 heavy (non-hydrogen) atoms. The van der Waals surface area contributed by atoms with E-state index in [-0.39, 0.29) is 0 Å². The third-order valence-electron chi connectivity index (χ3n) is 4.94. The van der Waals surface area contributed by atoms with Gasteiger partial charge >= 0.3 is 0 Å². The lowest BCUT2D eigenvalue weighted by Gasteiger charge is -2.26. The molecule has 1 aliphatic rings. The summed E-state index contributed by atoms with van der Waals surface area (Å²) < 4.78 is 28.7. The molecule has 0 bridgehead atoms. The monoisotopic (exact) mass is 343 g/mol. The summed E-state index contributed by atoms with van der Waals surface area (Å²) in [4.78, 5) is 2.32. The van der Waals surface area contributed by atoms with Crippen LogP contribution in [0.5, 0.6) is 0 Å². The quantitative estimate of drug-likeness (QED) is 0.795. The maximum absolute atomic E-state index is 13.6. The van der Waals surface area contributed by atoms with Gasteiger partial charge in [0.05, 0.1) is 11.9 Å². The Kier molecular flexibility index (Phi) is 3.88. The number of halogens is 2. The number of nitrogens with zero attached hydrogens (tertiary/aromatic N) is 4. The second-order valence-corrected chi connectivity index (χ2v) is 6.50. The zero-order valence-electron chi connectivity index (χ0n) is 14.2. The fraction of sp³-hybridized carbons (Fsp3) is 0.333. The molecule has 0 radical (unpaired) electrons. The lowest BCUT2D eigenvalue weighted by molar-refractivity contribution is 0.244. The lowest BCUT2D eigenvalue weighted by atomic mass is 10.0. The van der Waals surface area contributed by atoms with Crippen LogP contribution in [0.4, 0.5) is 8.78 Å². The summed E-state index contributed by atoms with van der Waals surface area (Å²) in [5, 5.41) is 11.7. The first-order valence-corrected chi connectivity index (χ1v) is 8.24. The molecule has 0 aliphatic carbocycles. The summed E-state index contributed by atoms with van der Waals surface area (Å²) in [5.41, 5.74) is 5.76. The molecule has 0 saturated carbocycles. The van der Waals surface area contributed by atoms with Gasteiger partial charge in [0.25, 0.3) is 0 Å². The molecular weight excluding hydrogens is 324 g/mol. The molecule has 3 heterocycles. The second kappa shape index (κ2) is 6.07. The predicted octanol–water partition coefficient (Wildman–Crippen LogP) is 2.96. The Balaban J connectivity index is 1.61. The maximum Gasteiger partial charge on any atom is 0.159 e. The molecule has 7 heteroatoms. The number of H-pyrrole nitrogens is 1. The number of hydrogen-bond acceptors (Lipinski definition) is 3. The molecule has 4 rings (SSSR count). The molecule has 130 valence electrons. The van der Waals surface area contributed by atoms with Crippen molar-refractivity contribution in [3.8, 4) is 11.3 Å². The van der Waals surface area contributed by atoms with Gasteiger partial charge in [-0.3, -0.25) is 14.7 Å². The van der Waals surface area contributed by atoms with Gasteiger partial charge in [-0.1, -0.05) is 0 Å². The van der Waals surface area contributed by atoms with Crippen LogP contribution < -0.4 is 0 Å². The lowest BCUT2D eigenvalue weighted by Crippen LogP contribution is -2.30. The summed E-state index contributed by atoms with van der Waals surface area (Å²) in [6, 6.07) is 3.92. The Morgan fingerprint density at radius 1 is 1.24 bits per heavy atom. The first-order valence-electron chi connectivity index (χ1n) is 8.24. The van der Waals surface area contributed by atoms with Gasteiger partial charge in [0.15, 0.2) is 11.6 Å². The average Bonchev–Trinajstić information content (AvgIpc) is 3.16. The van der Waals surface area contributed by atoms with Crippen LogP contribution in [0.1, 0.15) is 22.5 Å². The third-order valence-corrected chi connectivity index (χ3v) is 4.94. The van der Waals surface area contributed by atoms with Gasteiger partial charge in [-0.15, -0.1) is 0 Å². The summed E-state index contributed by atoms with van der Waals surface area (Å²) in [6.07, 6.45) is 2.75. The van der Waals surface area contributed by atoms with Gasteiger partial charge in [-0.05, 0) is 25.1 Å². The van der Waals surface area contributed by atoms with Crippen molar-refractivity contribution < 1.29 is 8.78 Å². The molecular formula is C18H19F2N5. The minimum absolute atomic E-state index is 0.593. The standard InChI is InChI=1S/C18H19F2N5/c1-11-13(8-21-24(11)2)9-25-6-5-17-14(10-25)18(23-22-17)12-3-4-15(19)16(20)7-12/h3-4,7-8H,5-6,9-10H2,1-2H3,(H,22,23). The van der Waals surface area contributed by atoms with Gasteiger partial charge in [0.1, 0.15) is 0 Å². The SMILES string of the molecule is Cc1c(CN2CCc3[nH]nc(-c4ccc(F)c(F)c4)c3C2)cnn1C. The van der Waals surface area contributed by atoms with E-state index in [9.17, 15) is 8.78 Å². The van der Waals surface area contributed by atoms with Crippen LogP contribution in [0.25, 0.3) is 11.3 Å². The van der Waals surface area contributed by atoms with Gasteiger partial charge in [-0.2, -0.15) is 10.2 Å². The summed E-state index contributed by atoms with van der Waals surface area (Å²) in [6.45, 7) is 4.50. The van der Waals surface area contributed by atoms with Crippen molar-refractivity contribution in [3.05, 3.63) is 58.5 Å². The van der Waals surface area contributed by atoms with Crippen LogP contribution in [-0.4, -0.2) is 31.4 Å². The Morgan fingerprint density at radius 2 is 2.08 bits per heavy atom. The molecule has 0 fully saturated rings. The molecule has 1 N–H and O–H groups in total. The topological polar surface area (TPSA) is 49.7 Å². The van der Waals surface area contributed by atoms with E-state index >= 15 is 0 Å². The van der Waals surface area contributed by atoms with Gasteiger partial charge in [0.2, 0.25) is 0 Å². The van der Waals surface area contributed by atoms with E-state index in [1.807, 2.05) is 17.9 Å². The van der Waals surface area contributed by atoms with E-state index in [0.29, 0.717) is 17.8 Å². The van der Waals surface area contributed by atoms with Crippen LogP contribution in [0.3, 0.4) is 0 Å². The molecule has 1 aliphatic heterocycles. The van der Waals surface area contributed by atoms with Crippen LogP contribution in [-0.2, 0) is 26.6 Å². The number of aromatic amines is 1. The fourth-order valence-electron chi connectivity index (χ4n) is 3.31. The number of fused-ring (bicyclic) bond motifs is 1. The van der Waals surface area contributed by atoms with Gasteiger partial charge in [-0.25, -0.2) is 8.78 Å². The van der Waals surface area contributed by atoms with Crippen molar-refractivity contribution >= 4 is 0 Å². The fourth-order valence-corrected chi connectivity index (χ4v) is 3.31. The van der Waals surface area contributed by atoms with Crippen molar-refractivity contribution in [2.24, 2.45) is 7.05 Å². The minimum atomic E-state index is -0.854. The van der Waals surface area contributed by atoms with Crippen LogP contribution in [0, 0.1) is 18.6 Å². The normalized spacial score (nSPS) is 14.7. The first-order chi connectivity index (χ1) is 12.0. The Labute approximate surface area is 144 Å². The largest absolute Gasteiger partial charge is 0.294 e. The molecule has 1 aromatic carbocycles. The minimum Gasteiger partial charge on any atom is -0.294 e. The first kappa shape index (κ1) is 16.0. The number of aromatic nitrogens is 4. The van der Waals surface area contributed by atoms with Crippen molar-refractivity contribution in [1.82, 2.24) is 24.9 Å².